The van der Waals surface area contributed by atoms with Crippen LogP contribution in [0.2, 0.25) is 0 Å². The lowest BCUT2D eigenvalue weighted by molar-refractivity contribution is -0.149. The van der Waals surface area contributed by atoms with E-state index in [1.807, 2.05) is 36.4 Å². The number of methoxy groups -OCH3 is 1. The van der Waals surface area contributed by atoms with E-state index in [0.717, 1.165) is 11.1 Å². The first kappa shape index (κ1) is 22.2. The minimum absolute atomic E-state index is 0.165. The van der Waals surface area contributed by atoms with Gasteiger partial charge in [-0.15, -0.1) is 0 Å². The molecule has 1 fully saturated rings. The summed E-state index contributed by atoms with van der Waals surface area (Å²) in [5, 5.41) is 6.28. The van der Waals surface area contributed by atoms with E-state index in [1.165, 1.54) is 0 Å². The van der Waals surface area contributed by atoms with Gasteiger partial charge in [-0.2, -0.15) is 5.10 Å². The SMILES string of the molecule is CCOC(=O)[C@@H]1[C@@H](c2ccc(OC)cc2)C2(C(=O)c3ccccc3C2=O)[C@H]2c3ccccc3C=NN12. The molecule has 0 radical (unpaired) electrons. The first-order chi connectivity index (χ1) is 17.5. The predicted octanol–water partition coefficient (Wildman–Crippen LogP) is 4.18. The molecule has 0 amide bonds. The maximum absolute atomic E-state index is 14.5. The minimum atomic E-state index is -1.59. The van der Waals surface area contributed by atoms with Crippen molar-refractivity contribution in [3.63, 3.8) is 0 Å². The highest BCUT2D eigenvalue weighted by molar-refractivity contribution is 6.31. The lowest BCUT2D eigenvalue weighted by Crippen LogP contribution is -2.44. The van der Waals surface area contributed by atoms with Crippen molar-refractivity contribution < 1.29 is 23.9 Å². The number of carbonyl (C=O) groups is 3. The average molecular weight is 481 g/mol. The highest BCUT2D eigenvalue weighted by atomic mass is 16.5. The Hall–Kier alpha value is -4.26. The number of benzene rings is 3. The molecule has 36 heavy (non-hydrogen) atoms. The van der Waals surface area contributed by atoms with Crippen LogP contribution in [-0.4, -0.2) is 48.5 Å². The van der Waals surface area contributed by atoms with Gasteiger partial charge in [-0.3, -0.25) is 14.6 Å². The summed E-state index contributed by atoms with van der Waals surface area (Å²) in [6.45, 7) is 1.90. The molecular formula is C29H24N2O5. The topological polar surface area (TPSA) is 85.3 Å². The van der Waals surface area contributed by atoms with Crippen molar-refractivity contribution >= 4 is 23.8 Å². The number of nitrogens with zero attached hydrogens (tertiary/aromatic N) is 2. The van der Waals surface area contributed by atoms with Gasteiger partial charge >= 0.3 is 5.97 Å². The fourth-order valence-electron chi connectivity index (χ4n) is 6.16. The molecule has 6 rings (SSSR count). The predicted molar refractivity (Wildman–Crippen MR) is 132 cm³/mol. The third-order valence-electron chi connectivity index (χ3n) is 7.58. The Balaban J connectivity index is 1.67. The van der Waals surface area contributed by atoms with Crippen LogP contribution in [0.25, 0.3) is 0 Å². The van der Waals surface area contributed by atoms with E-state index < -0.39 is 29.4 Å². The van der Waals surface area contributed by atoms with E-state index in [9.17, 15) is 14.4 Å². The number of Topliss-reactive ketones (excluding diaryl/α,β-unsaturated/α-hetero) is 2. The third-order valence-corrected chi connectivity index (χ3v) is 7.58. The lowest BCUT2D eigenvalue weighted by Gasteiger charge is -2.36. The van der Waals surface area contributed by atoms with Gasteiger partial charge in [0.05, 0.1) is 26.0 Å². The number of ketones is 2. The molecule has 1 spiro atoms. The van der Waals surface area contributed by atoms with E-state index in [4.69, 9.17) is 9.47 Å². The number of rotatable bonds is 4. The summed E-state index contributed by atoms with van der Waals surface area (Å²) in [6, 6.07) is 19.9. The van der Waals surface area contributed by atoms with Crippen LogP contribution in [0, 0.1) is 5.41 Å². The maximum atomic E-state index is 14.5. The molecule has 1 aliphatic carbocycles. The van der Waals surface area contributed by atoms with E-state index >= 15 is 0 Å². The molecular weight excluding hydrogens is 456 g/mol. The second-order valence-corrected chi connectivity index (χ2v) is 9.18. The van der Waals surface area contributed by atoms with Gasteiger partial charge in [0.1, 0.15) is 11.2 Å². The van der Waals surface area contributed by atoms with Crippen LogP contribution in [0.15, 0.2) is 77.9 Å². The van der Waals surface area contributed by atoms with Crippen LogP contribution in [0.4, 0.5) is 0 Å². The van der Waals surface area contributed by atoms with E-state index in [1.54, 1.807) is 61.7 Å². The molecule has 2 aliphatic heterocycles. The van der Waals surface area contributed by atoms with E-state index in [-0.39, 0.29) is 18.2 Å². The van der Waals surface area contributed by atoms with Crippen molar-refractivity contribution in [3.8, 4) is 5.75 Å². The molecule has 1 saturated heterocycles. The van der Waals surface area contributed by atoms with Gasteiger partial charge in [0.15, 0.2) is 17.6 Å². The minimum Gasteiger partial charge on any atom is -0.497 e. The zero-order valence-corrected chi connectivity index (χ0v) is 19.9. The number of fused-ring (bicyclic) bond motifs is 5. The van der Waals surface area contributed by atoms with Crippen LogP contribution in [0.5, 0.6) is 5.75 Å². The summed E-state index contributed by atoms with van der Waals surface area (Å²) in [5.74, 6) is -1.31. The molecule has 7 nitrogen and oxygen atoms in total. The summed E-state index contributed by atoms with van der Waals surface area (Å²) in [6.07, 6.45) is 1.68. The molecule has 3 atom stereocenters. The molecule has 3 aliphatic rings. The van der Waals surface area contributed by atoms with Gasteiger partial charge in [0.2, 0.25) is 0 Å². The van der Waals surface area contributed by atoms with Gasteiger partial charge in [0, 0.05) is 17.0 Å². The van der Waals surface area contributed by atoms with Crippen molar-refractivity contribution in [2.75, 3.05) is 13.7 Å². The van der Waals surface area contributed by atoms with Crippen LogP contribution < -0.4 is 4.74 Å². The van der Waals surface area contributed by atoms with Gasteiger partial charge in [-0.1, -0.05) is 60.7 Å². The second-order valence-electron chi connectivity index (χ2n) is 9.18. The fourth-order valence-corrected chi connectivity index (χ4v) is 6.16. The van der Waals surface area contributed by atoms with Crippen molar-refractivity contribution in [2.24, 2.45) is 10.5 Å². The van der Waals surface area contributed by atoms with Crippen LogP contribution in [0.1, 0.15) is 56.3 Å². The highest BCUT2D eigenvalue weighted by Gasteiger charge is 2.73. The Morgan fingerprint density at radius 3 is 2.22 bits per heavy atom. The molecule has 7 heteroatoms. The van der Waals surface area contributed by atoms with E-state index in [2.05, 4.69) is 5.10 Å². The Labute approximate surface area is 208 Å². The molecule has 0 saturated carbocycles. The Morgan fingerprint density at radius 2 is 1.58 bits per heavy atom. The lowest BCUT2D eigenvalue weighted by atomic mass is 9.63. The molecule has 2 heterocycles. The van der Waals surface area contributed by atoms with Gasteiger partial charge in [-0.25, -0.2) is 4.79 Å². The summed E-state index contributed by atoms with van der Waals surface area (Å²) in [4.78, 5) is 42.5. The first-order valence-electron chi connectivity index (χ1n) is 11.9. The first-order valence-corrected chi connectivity index (χ1v) is 11.9. The molecule has 0 aromatic heterocycles. The molecule has 0 bridgehead atoms. The van der Waals surface area contributed by atoms with Gasteiger partial charge in [0.25, 0.3) is 0 Å². The smallest absolute Gasteiger partial charge is 0.331 e. The molecule has 0 unspecified atom stereocenters. The number of esters is 1. The van der Waals surface area contributed by atoms with Crippen LogP contribution >= 0.6 is 0 Å². The molecule has 0 N–H and O–H groups in total. The number of hydrogen-bond acceptors (Lipinski definition) is 7. The average Bonchev–Trinajstić information content (AvgIpc) is 3.35. The largest absolute Gasteiger partial charge is 0.497 e. The second kappa shape index (κ2) is 8.16. The molecule has 180 valence electrons. The van der Waals surface area contributed by atoms with Gasteiger partial charge < -0.3 is 9.47 Å². The van der Waals surface area contributed by atoms with Crippen LogP contribution in [0.3, 0.4) is 0 Å². The Morgan fingerprint density at radius 1 is 0.944 bits per heavy atom. The van der Waals surface area contributed by atoms with Crippen molar-refractivity contribution in [2.45, 2.75) is 24.9 Å². The fraction of sp³-hybridized carbons (Fsp3) is 0.241. The maximum Gasteiger partial charge on any atom is 0.331 e. The summed E-state index contributed by atoms with van der Waals surface area (Å²) < 4.78 is 10.8. The van der Waals surface area contributed by atoms with E-state index in [0.29, 0.717) is 22.4 Å². The Bertz CT molecular complexity index is 1390. The quantitative estimate of drug-likeness (QED) is 0.411. The Kier molecular flexibility index (Phi) is 5.03. The third kappa shape index (κ3) is 2.80. The summed E-state index contributed by atoms with van der Waals surface area (Å²) >= 11 is 0. The number of ether oxygens (including phenoxy) is 2. The van der Waals surface area contributed by atoms with Crippen molar-refractivity contribution in [1.82, 2.24) is 5.01 Å². The normalized spacial score (nSPS) is 22.8. The van der Waals surface area contributed by atoms with Crippen molar-refractivity contribution in [1.29, 1.82) is 0 Å². The van der Waals surface area contributed by atoms with Crippen LogP contribution in [-0.2, 0) is 9.53 Å². The zero-order chi connectivity index (χ0) is 25.0. The highest BCUT2D eigenvalue weighted by Crippen LogP contribution is 2.64. The zero-order valence-electron chi connectivity index (χ0n) is 19.9. The summed E-state index contributed by atoms with van der Waals surface area (Å²) in [5.41, 5.74) is 1.42. The summed E-state index contributed by atoms with van der Waals surface area (Å²) in [7, 11) is 1.57. The van der Waals surface area contributed by atoms with Crippen molar-refractivity contribution in [3.05, 3.63) is 101 Å². The molecule has 3 aromatic rings. The number of carbonyl (C=O) groups excluding carboxylic acids is 3. The number of hydrogen-bond donors (Lipinski definition) is 0. The monoisotopic (exact) mass is 480 g/mol. The molecule has 3 aromatic carbocycles. The number of hydrazone groups is 1. The standard InChI is InChI=1S/C29H24N2O5/c1-3-36-28(34)24-23(17-12-14-19(35-2)15-13-17)29(26(32)21-10-6-7-11-22(21)27(29)33)25-20-9-5-4-8-18(20)16-30-31(24)25/h4-16,23-25H,3H2,1-2H3/t23-,24+,25-/m1/s1. The van der Waals surface area contributed by atoms with Gasteiger partial charge in [-0.05, 0) is 35.7 Å².